The molecular formula is C17H12ClFN2O4. The molecule has 0 aliphatic rings. The lowest BCUT2D eigenvalue weighted by atomic mass is 10.2. The first-order valence-electron chi connectivity index (χ1n) is 7.16. The maximum Gasteiger partial charge on any atom is 0.341 e. The third kappa shape index (κ3) is 3.95. The van der Waals surface area contributed by atoms with E-state index in [-0.39, 0.29) is 23.1 Å². The van der Waals surface area contributed by atoms with Crippen LogP contribution >= 0.6 is 11.6 Å². The molecule has 0 aliphatic heterocycles. The number of ether oxygens (including phenoxy) is 2. The molecule has 0 amide bonds. The molecule has 128 valence electrons. The van der Waals surface area contributed by atoms with Crippen LogP contribution in [-0.4, -0.2) is 23.2 Å². The summed E-state index contributed by atoms with van der Waals surface area (Å²) in [7, 11) is 1.57. The normalized spacial score (nSPS) is 10.5. The molecule has 1 aromatic heterocycles. The number of carbonyl (C=O) groups is 1. The standard InChI is InChI=1S/C17H12ClFN2O4/c1-23-12-5-2-10(3-6-12)16-20-15(25-21-16)9-24-17(22)13-7-4-11(18)8-14(13)19/h2-8H,9H2,1H3. The number of hydrogen-bond acceptors (Lipinski definition) is 6. The molecule has 0 aliphatic carbocycles. The first kappa shape index (κ1) is 16.9. The number of hydrogen-bond donors (Lipinski definition) is 0. The number of nitrogens with zero attached hydrogens (tertiary/aromatic N) is 2. The van der Waals surface area contributed by atoms with Crippen LogP contribution in [0, 0.1) is 5.82 Å². The van der Waals surface area contributed by atoms with E-state index >= 15 is 0 Å². The zero-order valence-electron chi connectivity index (χ0n) is 13.0. The first-order chi connectivity index (χ1) is 12.1. The van der Waals surface area contributed by atoms with E-state index in [2.05, 4.69) is 10.1 Å². The molecule has 8 heteroatoms. The molecule has 0 fully saturated rings. The van der Waals surface area contributed by atoms with E-state index in [1.54, 1.807) is 31.4 Å². The van der Waals surface area contributed by atoms with Gasteiger partial charge in [-0.2, -0.15) is 4.98 Å². The quantitative estimate of drug-likeness (QED) is 0.641. The average Bonchev–Trinajstić information content (AvgIpc) is 3.09. The second kappa shape index (κ2) is 7.31. The molecule has 0 saturated carbocycles. The van der Waals surface area contributed by atoms with E-state index in [1.165, 1.54) is 12.1 Å². The van der Waals surface area contributed by atoms with Crippen LogP contribution in [0.15, 0.2) is 47.0 Å². The number of esters is 1. The minimum absolute atomic E-state index is 0.0912. The number of halogens is 2. The summed E-state index contributed by atoms with van der Waals surface area (Å²) in [5.74, 6) is -0.480. The molecule has 6 nitrogen and oxygen atoms in total. The van der Waals surface area contributed by atoms with Crippen molar-refractivity contribution in [3.8, 4) is 17.1 Å². The van der Waals surface area contributed by atoms with Gasteiger partial charge in [0.2, 0.25) is 5.82 Å². The first-order valence-corrected chi connectivity index (χ1v) is 7.54. The van der Waals surface area contributed by atoms with E-state index in [0.29, 0.717) is 17.1 Å². The van der Waals surface area contributed by atoms with Crippen LogP contribution < -0.4 is 4.74 Å². The molecule has 0 atom stereocenters. The van der Waals surface area contributed by atoms with Crippen LogP contribution in [0.4, 0.5) is 4.39 Å². The second-order valence-corrected chi connectivity index (χ2v) is 5.38. The zero-order valence-corrected chi connectivity index (χ0v) is 13.8. The molecule has 0 unspecified atom stereocenters. The summed E-state index contributed by atoms with van der Waals surface area (Å²) in [5, 5.41) is 4.00. The molecule has 3 rings (SSSR count). The minimum Gasteiger partial charge on any atom is -0.497 e. The highest BCUT2D eigenvalue weighted by atomic mass is 35.5. The number of benzene rings is 2. The van der Waals surface area contributed by atoms with Gasteiger partial charge in [-0.1, -0.05) is 16.8 Å². The van der Waals surface area contributed by atoms with Crippen LogP contribution in [0.3, 0.4) is 0 Å². The fourth-order valence-corrected chi connectivity index (χ4v) is 2.19. The molecule has 0 radical (unpaired) electrons. The Hall–Kier alpha value is -2.93. The highest BCUT2D eigenvalue weighted by Crippen LogP contribution is 2.20. The van der Waals surface area contributed by atoms with Crippen molar-refractivity contribution in [2.24, 2.45) is 0 Å². The smallest absolute Gasteiger partial charge is 0.341 e. The van der Waals surface area contributed by atoms with Crippen molar-refractivity contribution >= 4 is 17.6 Å². The van der Waals surface area contributed by atoms with Crippen LogP contribution in [0.2, 0.25) is 5.02 Å². The Bertz CT molecular complexity index is 896. The predicted octanol–water partition coefficient (Wildman–Crippen LogP) is 3.89. The van der Waals surface area contributed by atoms with Crippen LogP contribution in [0.5, 0.6) is 5.75 Å². The fourth-order valence-electron chi connectivity index (χ4n) is 2.03. The van der Waals surface area contributed by atoms with Gasteiger partial charge in [-0.05, 0) is 42.5 Å². The van der Waals surface area contributed by atoms with Gasteiger partial charge in [0.25, 0.3) is 5.89 Å². The molecule has 1 heterocycles. The van der Waals surface area contributed by atoms with Crippen molar-refractivity contribution in [1.82, 2.24) is 10.1 Å². The summed E-state index contributed by atoms with van der Waals surface area (Å²) in [6.07, 6.45) is 0. The van der Waals surface area contributed by atoms with Gasteiger partial charge in [-0.3, -0.25) is 0 Å². The van der Waals surface area contributed by atoms with Crippen molar-refractivity contribution in [3.05, 3.63) is 64.8 Å². The monoisotopic (exact) mass is 362 g/mol. The number of carbonyl (C=O) groups excluding carboxylic acids is 1. The van der Waals surface area contributed by atoms with Gasteiger partial charge in [-0.25, -0.2) is 9.18 Å². The summed E-state index contributed by atoms with van der Waals surface area (Å²) in [4.78, 5) is 16.0. The number of methoxy groups -OCH3 is 1. The topological polar surface area (TPSA) is 74.5 Å². The van der Waals surface area contributed by atoms with Crippen molar-refractivity contribution in [3.63, 3.8) is 0 Å². The Labute approximate surface area is 147 Å². The molecular weight excluding hydrogens is 351 g/mol. The maximum absolute atomic E-state index is 13.7. The maximum atomic E-state index is 13.7. The average molecular weight is 363 g/mol. The Balaban J connectivity index is 1.66. The summed E-state index contributed by atoms with van der Waals surface area (Å²) in [6, 6.07) is 10.7. The third-order valence-corrected chi connectivity index (χ3v) is 3.53. The largest absolute Gasteiger partial charge is 0.497 e. The lowest BCUT2D eigenvalue weighted by molar-refractivity contribution is 0.0424. The Kier molecular flexibility index (Phi) is 4.95. The van der Waals surface area contributed by atoms with E-state index in [4.69, 9.17) is 25.6 Å². The Morgan fingerprint density at radius 2 is 2.00 bits per heavy atom. The Morgan fingerprint density at radius 3 is 2.68 bits per heavy atom. The number of rotatable bonds is 5. The lowest BCUT2D eigenvalue weighted by Crippen LogP contribution is -2.07. The predicted molar refractivity (Wildman–Crippen MR) is 86.8 cm³/mol. The Morgan fingerprint density at radius 1 is 1.24 bits per heavy atom. The zero-order chi connectivity index (χ0) is 17.8. The molecule has 0 bridgehead atoms. The molecule has 25 heavy (non-hydrogen) atoms. The molecule has 2 aromatic carbocycles. The summed E-state index contributed by atoms with van der Waals surface area (Å²) < 4.78 is 28.7. The van der Waals surface area contributed by atoms with Crippen LogP contribution in [0.1, 0.15) is 16.2 Å². The van der Waals surface area contributed by atoms with Gasteiger partial charge in [0, 0.05) is 10.6 Å². The summed E-state index contributed by atoms with van der Waals surface area (Å²) in [5.41, 5.74) is 0.491. The molecule has 0 saturated heterocycles. The van der Waals surface area contributed by atoms with Gasteiger partial charge in [0.15, 0.2) is 6.61 Å². The molecule has 0 N–H and O–H groups in total. The van der Waals surface area contributed by atoms with Crippen molar-refractivity contribution in [1.29, 1.82) is 0 Å². The van der Waals surface area contributed by atoms with Gasteiger partial charge in [0.1, 0.15) is 11.6 Å². The van der Waals surface area contributed by atoms with E-state index in [0.717, 1.165) is 6.07 Å². The third-order valence-electron chi connectivity index (χ3n) is 3.29. The van der Waals surface area contributed by atoms with Gasteiger partial charge in [-0.15, -0.1) is 0 Å². The van der Waals surface area contributed by atoms with E-state index in [9.17, 15) is 9.18 Å². The van der Waals surface area contributed by atoms with Crippen molar-refractivity contribution < 1.29 is 23.2 Å². The number of aromatic nitrogens is 2. The molecule has 3 aromatic rings. The van der Waals surface area contributed by atoms with Gasteiger partial charge < -0.3 is 14.0 Å². The molecule has 0 spiro atoms. The van der Waals surface area contributed by atoms with Crippen molar-refractivity contribution in [2.45, 2.75) is 6.61 Å². The summed E-state index contributed by atoms with van der Waals surface area (Å²) >= 11 is 5.64. The lowest BCUT2D eigenvalue weighted by Gasteiger charge is -2.03. The van der Waals surface area contributed by atoms with Crippen LogP contribution in [-0.2, 0) is 11.3 Å². The second-order valence-electron chi connectivity index (χ2n) is 4.94. The minimum atomic E-state index is -0.849. The highest BCUT2D eigenvalue weighted by molar-refractivity contribution is 6.30. The fraction of sp³-hybridized carbons (Fsp3) is 0.118. The van der Waals surface area contributed by atoms with Crippen molar-refractivity contribution in [2.75, 3.05) is 7.11 Å². The van der Waals surface area contributed by atoms with Gasteiger partial charge >= 0.3 is 5.97 Å². The summed E-state index contributed by atoms with van der Waals surface area (Å²) in [6.45, 7) is -0.274. The highest BCUT2D eigenvalue weighted by Gasteiger charge is 2.16. The van der Waals surface area contributed by atoms with E-state index in [1.807, 2.05) is 0 Å². The SMILES string of the molecule is COc1ccc(-c2noc(COC(=O)c3ccc(Cl)cc3F)n2)cc1. The van der Waals surface area contributed by atoms with Crippen LogP contribution in [0.25, 0.3) is 11.4 Å². The van der Waals surface area contributed by atoms with E-state index < -0.39 is 11.8 Å². The van der Waals surface area contributed by atoms with Gasteiger partial charge in [0.05, 0.1) is 12.7 Å².